The largest absolute Gasteiger partial charge is 0.363 e. The molecule has 2 aromatic rings. The van der Waals surface area contributed by atoms with Gasteiger partial charge >= 0.3 is 5.69 Å². The highest BCUT2D eigenvalue weighted by atomic mass is 35.5. The Kier molecular flexibility index (Phi) is 2.86. The van der Waals surface area contributed by atoms with Crippen LogP contribution >= 0.6 is 11.6 Å². The molecule has 0 aliphatic rings. The first-order chi connectivity index (χ1) is 7.63. The minimum Gasteiger partial charge on any atom is -0.363 e. The van der Waals surface area contributed by atoms with E-state index in [4.69, 9.17) is 11.6 Å². The van der Waals surface area contributed by atoms with Gasteiger partial charge in [-0.15, -0.1) is 0 Å². The van der Waals surface area contributed by atoms with Crippen molar-refractivity contribution in [3.8, 4) is 0 Å². The van der Waals surface area contributed by atoms with Gasteiger partial charge in [0.2, 0.25) is 0 Å². The molecule has 0 saturated carbocycles. The summed E-state index contributed by atoms with van der Waals surface area (Å²) < 4.78 is 0. The van der Waals surface area contributed by atoms with Gasteiger partial charge in [-0.1, -0.05) is 11.6 Å². The molecule has 0 saturated heterocycles. The van der Waals surface area contributed by atoms with Crippen LogP contribution in [-0.2, 0) is 6.54 Å². The monoisotopic (exact) mass is 240 g/mol. The lowest BCUT2D eigenvalue weighted by molar-refractivity contribution is 0.937. The SMILES string of the molecule is Cc1nc(Cl)cc(NCc2n[nH]c(=O)[nH]2)n1. The molecule has 84 valence electrons. The van der Waals surface area contributed by atoms with Crippen LogP contribution in [0.5, 0.6) is 0 Å². The van der Waals surface area contributed by atoms with Crippen LogP contribution in [0.2, 0.25) is 5.15 Å². The molecule has 0 unspecified atom stereocenters. The van der Waals surface area contributed by atoms with Crippen LogP contribution in [0.3, 0.4) is 0 Å². The Morgan fingerprint density at radius 2 is 2.31 bits per heavy atom. The minimum atomic E-state index is -0.339. The third-order valence-electron chi connectivity index (χ3n) is 1.79. The van der Waals surface area contributed by atoms with Crippen LogP contribution in [-0.4, -0.2) is 25.1 Å². The number of anilines is 1. The zero-order chi connectivity index (χ0) is 11.5. The lowest BCUT2D eigenvalue weighted by Crippen LogP contribution is -2.06. The molecule has 2 rings (SSSR count). The Bertz CT molecular complexity index is 527. The van der Waals surface area contributed by atoms with E-state index in [0.717, 1.165) is 0 Å². The average molecular weight is 241 g/mol. The first-order valence-electron chi connectivity index (χ1n) is 4.52. The van der Waals surface area contributed by atoms with Crippen molar-refractivity contribution in [2.75, 3.05) is 5.32 Å². The standard InChI is InChI=1S/C8H9ClN6O/c1-4-11-5(9)2-6(12-4)10-3-7-13-8(16)15-14-7/h2H,3H2,1H3,(H,10,11,12)(H2,13,14,15,16). The lowest BCUT2D eigenvalue weighted by Gasteiger charge is -2.03. The molecule has 0 spiro atoms. The highest BCUT2D eigenvalue weighted by Gasteiger charge is 2.01. The number of hydrogen-bond acceptors (Lipinski definition) is 5. The van der Waals surface area contributed by atoms with E-state index >= 15 is 0 Å². The number of rotatable bonds is 3. The quantitative estimate of drug-likeness (QED) is 0.677. The van der Waals surface area contributed by atoms with Gasteiger partial charge in [0, 0.05) is 6.07 Å². The number of aromatic nitrogens is 5. The first kappa shape index (κ1) is 10.6. The summed E-state index contributed by atoms with van der Waals surface area (Å²) in [7, 11) is 0. The highest BCUT2D eigenvalue weighted by molar-refractivity contribution is 6.29. The molecular formula is C8H9ClN6O. The molecule has 0 amide bonds. The molecule has 0 fully saturated rings. The predicted octanol–water partition coefficient (Wildman–Crippen LogP) is 0.462. The van der Waals surface area contributed by atoms with Gasteiger partial charge in [0.25, 0.3) is 0 Å². The fourth-order valence-electron chi connectivity index (χ4n) is 1.19. The summed E-state index contributed by atoms with van der Waals surface area (Å²) in [5.41, 5.74) is -0.339. The molecule has 0 bridgehead atoms. The molecule has 16 heavy (non-hydrogen) atoms. The summed E-state index contributed by atoms with van der Waals surface area (Å²) in [5.74, 6) is 1.66. The van der Waals surface area contributed by atoms with E-state index in [2.05, 4.69) is 30.5 Å². The number of nitrogens with one attached hydrogen (secondary N) is 3. The van der Waals surface area contributed by atoms with E-state index in [1.165, 1.54) is 0 Å². The second kappa shape index (κ2) is 4.31. The van der Waals surface area contributed by atoms with E-state index < -0.39 is 0 Å². The van der Waals surface area contributed by atoms with Crippen molar-refractivity contribution in [2.24, 2.45) is 0 Å². The number of H-pyrrole nitrogens is 2. The molecule has 0 atom stereocenters. The van der Waals surface area contributed by atoms with Crippen molar-refractivity contribution in [3.05, 3.63) is 33.4 Å². The second-order valence-corrected chi connectivity index (χ2v) is 3.49. The summed E-state index contributed by atoms with van der Waals surface area (Å²) in [6.45, 7) is 2.10. The zero-order valence-corrected chi connectivity index (χ0v) is 9.17. The Morgan fingerprint density at radius 1 is 1.50 bits per heavy atom. The van der Waals surface area contributed by atoms with Gasteiger partial charge in [-0.05, 0) is 6.92 Å². The van der Waals surface area contributed by atoms with Crippen molar-refractivity contribution in [3.63, 3.8) is 0 Å². The van der Waals surface area contributed by atoms with Crippen molar-refractivity contribution >= 4 is 17.4 Å². The maximum Gasteiger partial charge on any atom is 0.340 e. The third-order valence-corrected chi connectivity index (χ3v) is 1.99. The second-order valence-electron chi connectivity index (χ2n) is 3.10. The summed E-state index contributed by atoms with van der Waals surface area (Å²) in [6, 6.07) is 1.60. The molecule has 3 N–H and O–H groups in total. The van der Waals surface area contributed by atoms with Crippen LogP contribution in [0.1, 0.15) is 11.6 Å². The van der Waals surface area contributed by atoms with Crippen LogP contribution in [0.25, 0.3) is 0 Å². The first-order valence-corrected chi connectivity index (χ1v) is 4.90. The Labute approximate surface area is 95.3 Å². The van der Waals surface area contributed by atoms with E-state index in [9.17, 15) is 4.79 Å². The van der Waals surface area contributed by atoms with E-state index in [-0.39, 0.29) is 5.69 Å². The maximum absolute atomic E-state index is 10.8. The highest BCUT2D eigenvalue weighted by Crippen LogP contribution is 2.11. The smallest absolute Gasteiger partial charge is 0.340 e. The van der Waals surface area contributed by atoms with Gasteiger partial charge in [0.1, 0.15) is 22.6 Å². The number of nitrogens with zero attached hydrogens (tertiary/aromatic N) is 3. The van der Waals surface area contributed by atoms with E-state index in [1.807, 2.05) is 0 Å². The topological polar surface area (TPSA) is 99.4 Å². The summed E-state index contributed by atoms with van der Waals surface area (Å²) in [5, 5.41) is 9.35. The summed E-state index contributed by atoms with van der Waals surface area (Å²) in [6.07, 6.45) is 0. The van der Waals surface area contributed by atoms with Gasteiger partial charge in [-0.2, -0.15) is 5.10 Å². The molecule has 0 radical (unpaired) electrons. The molecule has 0 aliphatic carbocycles. The van der Waals surface area contributed by atoms with Crippen LogP contribution in [0.15, 0.2) is 10.9 Å². The zero-order valence-electron chi connectivity index (χ0n) is 8.41. The van der Waals surface area contributed by atoms with Gasteiger partial charge < -0.3 is 5.32 Å². The molecule has 8 heteroatoms. The maximum atomic E-state index is 10.8. The number of aryl methyl sites for hydroxylation is 1. The average Bonchev–Trinajstić information content (AvgIpc) is 2.60. The van der Waals surface area contributed by atoms with E-state index in [0.29, 0.717) is 29.2 Å². The minimum absolute atomic E-state index is 0.339. The predicted molar refractivity (Wildman–Crippen MR) is 58.3 cm³/mol. The Balaban J connectivity index is 2.07. The van der Waals surface area contributed by atoms with Crippen molar-refractivity contribution in [2.45, 2.75) is 13.5 Å². The van der Waals surface area contributed by atoms with Crippen molar-refractivity contribution < 1.29 is 0 Å². The Hall–Kier alpha value is -1.89. The fourth-order valence-corrected chi connectivity index (χ4v) is 1.41. The summed E-state index contributed by atoms with van der Waals surface area (Å²) in [4.78, 5) is 21.3. The van der Waals surface area contributed by atoms with Crippen molar-refractivity contribution in [1.29, 1.82) is 0 Å². The number of halogens is 1. The van der Waals surface area contributed by atoms with E-state index in [1.54, 1.807) is 13.0 Å². The van der Waals surface area contributed by atoms with Gasteiger partial charge in [-0.25, -0.2) is 19.9 Å². The van der Waals surface area contributed by atoms with Crippen molar-refractivity contribution in [1.82, 2.24) is 25.1 Å². The molecule has 2 heterocycles. The molecule has 2 aromatic heterocycles. The molecule has 7 nitrogen and oxygen atoms in total. The molecule has 0 aromatic carbocycles. The number of hydrogen-bond donors (Lipinski definition) is 3. The van der Waals surface area contributed by atoms with Crippen LogP contribution in [0, 0.1) is 6.92 Å². The summed E-state index contributed by atoms with van der Waals surface area (Å²) >= 11 is 5.77. The number of aromatic amines is 2. The van der Waals surface area contributed by atoms with Gasteiger partial charge in [0.15, 0.2) is 0 Å². The van der Waals surface area contributed by atoms with Crippen LogP contribution < -0.4 is 11.0 Å². The fraction of sp³-hybridized carbons (Fsp3) is 0.250. The van der Waals surface area contributed by atoms with Gasteiger partial charge in [0.05, 0.1) is 6.54 Å². The normalized spacial score (nSPS) is 10.4. The van der Waals surface area contributed by atoms with Crippen LogP contribution in [0.4, 0.5) is 5.82 Å². The molecular weight excluding hydrogens is 232 g/mol. The van der Waals surface area contributed by atoms with Gasteiger partial charge in [-0.3, -0.25) is 4.98 Å². The Morgan fingerprint density at radius 3 is 2.94 bits per heavy atom. The third kappa shape index (κ3) is 2.57. The lowest BCUT2D eigenvalue weighted by atomic mass is 10.5. The molecule has 0 aliphatic heterocycles.